The highest BCUT2D eigenvalue weighted by atomic mass is 35.5. The van der Waals surface area contributed by atoms with Gasteiger partial charge in [-0.25, -0.2) is 0 Å². The molecule has 5 aliphatic rings. The first-order valence-corrected chi connectivity index (χ1v) is 11.6. The van der Waals surface area contributed by atoms with E-state index in [9.17, 15) is 14.4 Å². The van der Waals surface area contributed by atoms with Gasteiger partial charge in [0.1, 0.15) is 6.67 Å². The lowest BCUT2D eigenvalue weighted by molar-refractivity contribution is -0.140. The molecule has 1 aliphatic heterocycles. The molecule has 1 heterocycles. The molecule has 2 saturated carbocycles. The number of nitrogens with zero attached hydrogens (tertiary/aromatic N) is 2. The lowest BCUT2D eigenvalue weighted by atomic mass is 9.63. The number of anilines is 1. The van der Waals surface area contributed by atoms with Crippen molar-refractivity contribution in [3.05, 3.63) is 76.3 Å². The maximum atomic E-state index is 13.5. The first kappa shape index (κ1) is 20.0. The summed E-state index contributed by atoms with van der Waals surface area (Å²) in [5.74, 6) is 0.0854. The van der Waals surface area contributed by atoms with E-state index in [1.165, 1.54) is 9.80 Å². The highest BCUT2D eigenvalue weighted by Gasteiger charge is 2.67. The zero-order valence-electron chi connectivity index (χ0n) is 17.0. The Morgan fingerprint density at radius 2 is 1.53 bits per heavy atom. The Bertz CT molecular complexity index is 1140. The normalized spacial score (nSPS) is 31.5. The van der Waals surface area contributed by atoms with Crippen LogP contribution in [-0.4, -0.2) is 29.3 Å². The molecule has 0 radical (unpaired) electrons. The lowest BCUT2D eigenvalue weighted by Crippen LogP contribution is -2.45. The maximum Gasteiger partial charge on any atom is 0.259 e. The zero-order valence-corrected chi connectivity index (χ0v) is 18.5. The molecule has 162 valence electrons. The predicted octanol–water partition coefficient (Wildman–Crippen LogP) is 4.65. The largest absolute Gasteiger partial charge is 0.289 e. The van der Waals surface area contributed by atoms with Crippen molar-refractivity contribution in [2.75, 3.05) is 11.6 Å². The van der Waals surface area contributed by atoms with Crippen molar-refractivity contribution in [2.24, 2.45) is 35.5 Å². The van der Waals surface area contributed by atoms with Crippen LogP contribution in [0, 0.1) is 35.5 Å². The molecule has 0 aromatic heterocycles. The van der Waals surface area contributed by atoms with E-state index in [0.717, 1.165) is 6.42 Å². The van der Waals surface area contributed by atoms with Crippen molar-refractivity contribution in [1.82, 2.24) is 4.90 Å². The van der Waals surface area contributed by atoms with Gasteiger partial charge in [0.15, 0.2) is 0 Å². The SMILES string of the molecule is O=C1C2C3C=CC(C4CC34)C2C(=O)N1CN(C(=O)c1ccc(Cl)cc1)c1cccc(Cl)c1. The Balaban J connectivity index is 1.34. The number of benzene rings is 2. The van der Waals surface area contributed by atoms with Crippen LogP contribution in [0.2, 0.25) is 10.0 Å². The third kappa shape index (κ3) is 2.95. The molecule has 3 amide bonds. The van der Waals surface area contributed by atoms with Crippen LogP contribution in [0.3, 0.4) is 0 Å². The molecule has 2 aromatic carbocycles. The standard InChI is InChI=1S/C25H20Cl2N2O3/c26-14-6-4-13(5-7-14)23(30)28(16-3-1-2-15(27)10-16)12-29-24(31)21-17-8-9-18(20-11-19(17)20)22(21)25(29)32/h1-10,17-22H,11-12H2. The van der Waals surface area contributed by atoms with Crippen molar-refractivity contribution in [2.45, 2.75) is 6.42 Å². The maximum absolute atomic E-state index is 13.5. The molecule has 7 heteroatoms. The lowest BCUT2D eigenvalue weighted by Gasteiger charge is -2.37. The molecular weight excluding hydrogens is 447 g/mol. The number of rotatable bonds is 4. The molecule has 2 bridgehead atoms. The van der Waals surface area contributed by atoms with E-state index < -0.39 is 0 Å². The summed E-state index contributed by atoms with van der Waals surface area (Å²) in [6.45, 7) is -0.138. The van der Waals surface area contributed by atoms with Crippen LogP contribution in [0.5, 0.6) is 0 Å². The first-order chi connectivity index (χ1) is 15.4. The van der Waals surface area contributed by atoms with Gasteiger partial charge in [-0.15, -0.1) is 0 Å². The van der Waals surface area contributed by atoms with Crippen LogP contribution >= 0.6 is 23.2 Å². The van der Waals surface area contributed by atoms with Crippen molar-refractivity contribution in [3.8, 4) is 0 Å². The number of hydrogen-bond acceptors (Lipinski definition) is 3. The molecule has 5 nitrogen and oxygen atoms in total. The van der Waals surface area contributed by atoms with Crippen molar-refractivity contribution < 1.29 is 14.4 Å². The van der Waals surface area contributed by atoms with Gasteiger partial charge in [-0.1, -0.05) is 41.4 Å². The second kappa shape index (κ2) is 7.19. The molecule has 6 unspecified atom stereocenters. The molecule has 7 rings (SSSR count). The van der Waals surface area contributed by atoms with Gasteiger partial charge in [0.05, 0.1) is 11.8 Å². The number of allylic oxidation sites excluding steroid dienone is 2. The van der Waals surface area contributed by atoms with Crippen LogP contribution < -0.4 is 4.90 Å². The van der Waals surface area contributed by atoms with E-state index in [2.05, 4.69) is 12.2 Å². The summed E-state index contributed by atoms with van der Waals surface area (Å²) in [5.41, 5.74) is 0.936. The third-order valence-electron chi connectivity index (χ3n) is 7.49. The Labute approximate surface area is 195 Å². The van der Waals surface area contributed by atoms with Crippen LogP contribution in [0.4, 0.5) is 5.69 Å². The second-order valence-electron chi connectivity index (χ2n) is 9.12. The number of carbonyl (C=O) groups excluding carboxylic acids is 3. The van der Waals surface area contributed by atoms with E-state index in [0.29, 0.717) is 33.1 Å². The molecule has 4 aliphatic carbocycles. The van der Waals surface area contributed by atoms with Gasteiger partial charge in [0.25, 0.3) is 5.91 Å². The van der Waals surface area contributed by atoms with E-state index in [1.54, 1.807) is 48.5 Å². The van der Waals surface area contributed by atoms with Crippen molar-refractivity contribution >= 4 is 46.6 Å². The van der Waals surface area contributed by atoms with Gasteiger partial charge in [0.2, 0.25) is 11.8 Å². The smallest absolute Gasteiger partial charge is 0.259 e. The quantitative estimate of drug-likeness (QED) is 0.486. The number of hydrogen-bond donors (Lipinski definition) is 0. The number of likely N-dealkylation sites (tertiary alicyclic amines) is 1. The van der Waals surface area contributed by atoms with Gasteiger partial charge in [0, 0.05) is 21.3 Å². The van der Waals surface area contributed by atoms with Crippen molar-refractivity contribution in [1.29, 1.82) is 0 Å². The Hall–Kier alpha value is -2.63. The molecule has 32 heavy (non-hydrogen) atoms. The third-order valence-corrected chi connectivity index (χ3v) is 7.98. The summed E-state index contributed by atoms with van der Waals surface area (Å²) < 4.78 is 0. The summed E-state index contributed by atoms with van der Waals surface area (Å²) in [4.78, 5) is 43.0. The minimum absolute atomic E-state index is 0.138. The second-order valence-corrected chi connectivity index (χ2v) is 9.99. The van der Waals surface area contributed by atoms with Gasteiger partial charge in [-0.3, -0.25) is 24.2 Å². The molecule has 0 spiro atoms. The fraction of sp³-hybridized carbons (Fsp3) is 0.320. The Morgan fingerprint density at radius 1 is 0.906 bits per heavy atom. The van der Waals surface area contributed by atoms with Gasteiger partial charge in [-0.2, -0.15) is 0 Å². The Kier molecular flexibility index (Phi) is 4.50. The molecule has 3 fully saturated rings. The highest BCUT2D eigenvalue weighted by Crippen LogP contribution is 2.65. The van der Waals surface area contributed by atoms with Crippen LogP contribution in [0.15, 0.2) is 60.7 Å². The molecule has 0 N–H and O–H groups in total. The fourth-order valence-electron chi connectivity index (χ4n) is 5.95. The fourth-order valence-corrected chi connectivity index (χ4v) is 6.27. The van der Waals surface area contributed by atoms with E-state index in [1.807, 2.05) is 0 Å². The summed E-state index contributed by atoms with van der Waals surface area (Å²) in [5, 5.41) is 0.984. The monoisotopic (exact) mass is 466 g/mol. The molecule has 1 saturated heterocycles. The van der Waals surface area contributed by atoms with Crippen molar-refractivity contribution in [3.63, 3.8) is 0 Å². The van der Waals surface area contributed by atoms with E-state index >= 15 is 0 Å². The topological polar surface area (TPSA) is 57.7 Å². The van der Waals surface area contributed by atoms with Gasteiger partial charge >= 0.3 is 0 Å². The summed E-state index contributed by atoms with van der Waals surface area (Å²) in [6, 6.07) is 13.4. The summed E-state index contributed by atoms with van der Waals surface area (Å²) >= 11 is 12.2. The Morgan fingerprint density at radius 3 is 2.12 bits per heavy atom. The van der Waals surface area contributed by atoms with Crippen LogP contribution in [0.25, 0.3) is 0 Å². The minimum atomic E-state index is -0.330. The number of carbonyl (C=O) groups is 3. The minimum Gasteiger partial charge on any atom is -0.289 e. The summed E-state index contributed by atoms with van der Waals surface area (Å²) in [7, 11) is 0. The molecule has 2 aromatic rings. The first-order valence-electron chi connectivity index (χ1n) is 10.8. The molecule has 6 atom stereocenters. The van der Waals surface area contributed by atoms with E-state index in [4.69, 9.17) is 23.2 Å². The molecular formula is C25H20Cl2N2O3. The zero-order chi connectivity index (χ0) is 22.1. The van der Waals surface area contributed by atoms with Gasteiger partial charge in [-0.05, 0) is 72.6 Å². The predicted molar refractivity (Wildman–Crippen MR) is 121 cm³/mol. The van der Waals surface area contributed by atoms with Crippen LogP contribution in [-0.2, 0) is 9.59 Å². The average molecular weight is 467 g/mol. The van der Waals surface area contributed by atoms with E-state index in [-0.39, 0.29) is 48.1 Å². The van der Waals surface area contributed by atoms with Crippen LogP contribution in [0.1, 0.15) is 16.8 Å². The average Bonchev–Trinajstić information content (AvgIpc) is 3.57. The number of halogens is 2. The highest BCUT2D eigenvalue weighted by molar-refractivity contribution is 6.31. The number of imide groups is 1. The van der Waals surface area contributed by atoms with Gasteiger partial charge < -0.3 is 0 Å². The number of amides is 3. The summed E-state index contributed by atoms with van der Waals surface area (Å²) in [6.07, 6.45) is 5.39.